The maximum Gasteiger partial charge on any atom is 0.155 e. The molecule has 4 aliphatic carbocycles. The summed E-state index contributed by atoms with van der Waals surface area (Å²) in [5, 5.41) is 11.3. The smallest absolute Gasteiger partial charge is 0.155 e. The number of allylic oxidation sites excluding steroid dienone is 1. The summed E-state index contributed by atoms with van der Waals surface area (Å²) in [6.07, 6.45) is 12.6. The topological polar surface area (TPSA) is 37.3 Å². The minimum Gasteiger partial charge on any atom is -0.385 e. The van der Waals surface area contributed by atoms with E-state index < -0.39 is 5.60 Å². The van der Waals surface area contributed by atoms with E-state index in [0.717, 1.165) is 43.9 Å². The van der Waals surface area contributed by atoms with Crippen molar-refractivity contribution >= 4 is 28.4 Å². The summed E-state index contributed by atoms with van der Waals surface area (Å²) in [6.45, 7) is 2.34. The third kappa shape index (κ3) is 2.32. The van der Waals surface area contributed by atoms with Gasteiger partial charge in [-0.05, 0) is 84.9 Å². The lowest BCUT2D eigenvalue weighted by atomic mass is 9.50. The van der Waals surface area contributed by atoms with E-state index in [0.29, 0.717) is 17.6 Å². The second kappa shape index (κ2) is 5.69. The van der Waals surface area contributed by atoms with E-state index in [2.05, 4.69) is 35.6 Å². The fraction of sp³-hybridized carbons (Fsp3) is 0.750. The van der Waals surface area contributed by atoms with Gasteiger partial charge in [-0.2, -0.15) is 0 Å². The number of carbonyl (C=O) groups is 1. The lowest BCUT2D eigenvalue weighted by Gasteiger charge is -2.55. The normalized spacial score (nSPS) is 49.5. The average molecular weight is 426 g/mol. The number of hydrogen-bond acceptors (Lipinski definition) is 2. The molecule has 126 valence electrons. The van der Waals surface area contributed by atoms with Crippen LogP contribution in [-0.2, 0) is 4.79 Å². The predicted molar refractivity (Wildman–Crippen MR) is 100 cm³/mol. The van der Waals surface area contributed by atoms with Crippen molar-refractivity contribution in [1.82, 2.24) is 0 Å². The first-order valence-corrected chi connectivity index (χ1v) is 10.5. The molecule has 0 aromatic rings. The Morgan fingerprint density at radius 2 is 2.00 bits per heavy atom. The van der Waals surface area contributed by atoms with E-state index >= 15 is 0 Å². The Labute approximate surface area is 152 Å². The summed E-state index contributed by atoms with van der Waals surface area (Å²) >= 11 is 2.24. The highest BCUT2D eigenvalue weighted by Gasteiger charge is 2.61. The molecule has 0 aliphatic heterocycles. The summed E-state index contributed by atoms with van der Waals surface area (Å²) < 4.78 is 2.01. The first-order chi connectivity index (χ1) is 11.0. The summed E-state index contributed by atoms with van der Waals surface area (Å²) in [5.74, 6) is 3.16. The Balaban J connectivity index is 1.64. The van der Waals surface area contributed by atoms with Crippen molar-refractivity contribution in [2.75, 3.05) is 0 Å². The second-order valence-corrected chi connectivity index (χ2v) is 9.23. The minimum absolute atomic E-state index is 0.0432. The molecule has 0 unspecified atom stereocenters. The Hall–Kier alpha value is -0.160. The van der Waals surface area contributed by atoms with Crippen molar-refractivity contribution in [2.45, 2.75) is 63.9 Å². The molecule has 0 spiro atoms. The molecule has 0 heterocycles. The summed E-state index contributed by atoms with van der Waals surface area (Å²) in [6, 6.07) is 0. The van der Waals surface area contributed by atoms with Gasteiger partial charge in [0.25, 0.3) is 0 Å². The van der Waals surface area contributed by atoms with Crippen LogP contribution in [0.2, 0.25) is 0 Å². The first-order valence-electron chi connectivity index (χ1n) is 9.22. The molecule has 0 saturated heterocycles. The van der Waals surface area contributed by atoms with Crippen LogP contribution in [0, 0.1) is 29.1 Å². The number of fused-ring (bicyclic) bond motifs is 5. The first kappa shape index (κ1) is 16.3. The van der Waals surface area contributed by atoms with E-state index in [-0.39, 0.29) is 5.41 Å². The lowest BCUT2D eigenvalue weighted by molar-refractivity contribution is -0.116. The van der Waals surface area contributed by atoms with Gasteiger partial charge in [0, 0.05) is 11.8 Å². The van der Waals surface area contributed by atoms with Crippen molar-refractivity contribution in [3.63, 3.8) is 0 Å². The molecule has 3 fully saturated rings. The number of aliphatic hydroxyl groups is 1. The molecule has 0 aromatic carbocycles. The third-order valence-corrected chi connectivity index (χ3v) is 8.21. The highest BCUT2D eigenvalue weighted by atomic mass is 127. The molecule has 1 N–H and O–H groups in total. The lowest BCUT2D eigenvalue weighted by Crippen LogP contribution is -2.51. The fourth-order valence-corrected chi connectivity index (χ4v) is 7.20. The van der Waals surface area contributed by atoms with Crippen LogP contribution in [0.25, 0.3) is 0 Å². The molecule has 3 heteroatoms. The van der Waals surface area contributed by atoms with Crippen LogP contribution in [0.15, 0.2) is 21.8 Å². The number of rotatable bonds is 1. The van der Waals surface area contributed by atoms with Crippen LogP contribution in [0.1, 0.15) is 58.3 Å². The van der Waals surface area contributed by atoms with Crippen LogP contribution in [0.3, 0.4) is 0 Å². The van der Waals surface area contributed by atoms with Crippen molar-refractivity contribution in [2.24, 2.45) is 29.1 Å². The second-order valence-electron chi connectivity index (χ2n) is 8.52. The number of hydrogen-bond donors (Lipinski definition) is 1. The van der Waals surface area contributed by atoms with E-state index in [1.807, 2.05) is 10.2 Å². The monoisotopic (exact) mass is 426 g/mol. The highest BCUT2D eigenvalue weighted by Crippen LogP contribution is 2.65. The SMILES string of the molecule is C[C@]12CC[C@H]3[C@@H](CCC4=CC(=O)CC[C@@H]43)[C@@H]1CC[C@@]2(O)/C=C\I. The number of ketones is 1. The van der Waals surface area contributed by atoms with E-state index in [9.17, 15) is 9.90 Å². The van der Waals surface area contributed by atoms with Gasteiger partial charge in [0.2, 0.25) is 0 Å². The van der Waals surface area contributed by atoms with Crippen LogP contribution >= 0.6 is 22.6 Å². The molecule has 23 heavy (non-hydrogen) atoms. The van der Waals surface area contributed by atoms with Gasteiger partial charge in [-0.3, -0.25) is 4.79 Å². The maximum atomic E-state index is 11.8. The van der Waals surface area contributed by atoms with Crippen molar-refractivity contribution < 1.29 is 9.90 Å². The van der Waals surface area contributed by atoms with Crippen molar-refractivity contribution in [3.05, 3.63) is 21.8 Å². The van der Waals surface area contributed by atoms with Gasteiger partial charge in [-0.1, -0.05) is 35.1 Å². The maximum absolute atomic E-state index is 11.8. The van der Waals surface area contributed by atoms with E-state index in [4.69, 9.17) is 0 Å². The molecule has 0 aromatic heterocycles. The Kier molecular flexibility index (Phi) is 4.03. The Bertz CT molecular complexity index is 580. The zero-order chi connectivity index (χ0) is 16.2. The summed E-state index contributed by atoms with van der Waals surface area (Å²) in [4.78, 5) is 11.8. The quantitative estimate of drug-likeness (QED) is 0.612. The Morgan fingerprint density at radius 1 is 1.17 bits per heavy atom. The largest absolute Gasteiger partial charge is 0.385 e. The van der Waals surface area contributed by atoms with Crippen molar-refractivity contribution in [1.29, 1.82) is 0 Å². The molecule has 3 saturated carbocycles. The summed E-state index contributed by atoms with van der Waals surface area (Å²) in [5.41, 5.74) is 0.885. The van der Waals surface area contributed by atoms with Crippen LogP contribution < -0.4 is 0 Å². The van der Waals surface area contributed by atoms with Crippen LogP contribution in [0.5, 0.6) is 0 Å². The highest BCUT2D eigenvalue weighted by molar-refractivity contribution is 14.1. The zero-order valence-corrected chi connectivity index (χ0v) is 16.1. The van der Waals surface area contributed by atoms with Gasteiger partial charge in [0.15, 0.2) is 5.78 Å². The van der Waals surface area contributed by atoms with E-state index in [1.165, 1.54) is 24.8 Å². The van der Waals surface area contributed by atoms with Crippen molar-refractivity contribution in [3.8, 4) is 0 Å². The van der Waals surface area contributed by atoms with Gasteiger partial charge in [0.05, 0.1) is 5.60 Å². The third-order valence-electron chi connectivity index (χ3n) is 7.85. The zero-order valence-electron chi connectivity index (χ0n) is 13.9. The molecule has 0 amide bonds. The van der Waals surface area contributed by atoms with Crippen LogP contribution in [0.4, 0.5) is 0 Å². The number of halogens is 1. The van der Waals surface area contributed by atoms with E-state index in [1.54, 1.807) is 0 Å². The standard InChI is InChI=1S/C20H27IO2/c1-19-8-6-16-15-5-3-14(22)12-13(15)2-4-17(16)18(19)7-9-20(19,23)10-11-21/h10-12,15-18,23H,2-9H2,1H3/b11-10-/t15-,16+,17+,18-,19-,20+/m0/s1. The molecule has 2 nitrogen and oxygen atoms in total. The summed E-state index contributed by atoms with van der Waals surface area (Å²) in [7, 11) is 0. The molecule has 0 radical (unpaired) electrons. The molecule has 4 aliphatic rings. The van der Waals surface area contributed by atoms with Gasteiger partial charge >= 0.3 is 0 Å². The average Bonchev–Trinajstić information content (AvgIpc) is 2.79. The van der Waals surface area contributed by atoms with Gasteiger partial charge < -0.3 is 5.11 Å². The molecule has 4 rings (SSSR count). The number of carbonyl (C=O) groups excluding carboxylic acids is 1. The predicted octanol–water partition coefficient (Wildman–Crippen LogP) is 4.81. The molecular formula is C20H27IO2. The molecule has 0 bridgehead atoms. The van der Waals surface area contributed by atoms with Gasteiger partial charge in [-0.25, -0.2) is 0 Å². The van der Waals surface area contributed by atoms with Crippen LogP contribution in [-0.4, -0.2) is 16.5 Å². The Morgan fingerprint density at radius 3 is 2.78 bits per heavy atom. The van der Waals surface area contributed by atoms with Gasteiger partial charge in [-0.15, -0.1) is 0 Å². The fourth-order valence-electron chi connectivity index (χ4n) is 6.61. The minimum atomic E-state index is -0.609. The van der Waals surface area contributed by atoms with Gasteiger partial charge in [0.1, 0.15) is 0 Å². The molecule has 6 atom stereocenters. The molecular weight excluding hydrogens is 399 g/mol.